The Bertz CT molecular complexity index is 1030. The number of fused-ring (bicyclic) bond motifs is 1. The number of ether oxygens (including phenoxy) is 2. The number of nitrogens with zero attached hydrogens (tertiary/aromatic N) is 2. The summed E-state index contributed by atoms with van der Waals surface area (Å²) in [5, 5.41) is 2.24. The number of amidine groups is 1. The van der Waals surface area contributed by atoms with E-state index < -0.39 is 23.1 Å². The molecule has 1 fully saturated rings. The second-order valence-corrected chi connectivity index (χ2v) is 10.8. The highest BCUT2D eigenvalue weighted by Crippen LogP contribution is 2.47. The molecule has 2 aromatic rings. The van der Waals surface area contributed by atoms with Gasteiger partial charge in [-0.25, -0.2) is 9.79 Å². The average molecular weight is 468 g/mol. The first-order chi connectivity index (χ1) is 15.2. The summed E-state index contributed by atoms with van der Waals surface area (Å²) < 4.78 is 11.3. The summed E-state index contributed by atoms with van der Waals surface area (Å²) in [6.07, 6.45) is -0.0763. The van der Waals surface area contributed by atoms with E-state index in [0.29, 0.717) is 41.6 Å². The molecule has 0 bridgehead atoms. The van der Waals surface area contributed by atoms with Gasteiger partial charge in [0.1, 0.15) is 19.0 Å². The molecule has 3 heterocycles. The third kappa shape index (κ3) is 4.65. The van der Waals surface area contributed by atoms with Gasteiger partial charge in [-0.15, -0.1) is 11.3 Å². The largest absolute Gasteiger partial charge is 0.443 e. The number of benzene rings is 1. The fourth-order valence-electron chi connectivity index (χ4n) is 3.84. The van der Waals surface area contributed by atoms with E-state index >= 15 is 0 Å². The number of thiophene rings is 1. The molecular weight excluding hydrogens is 443 g/mol. The second kappa shape index (κ2) is 9.04. The third-order valence-corrected chi connectivity index (χ3v) is 7.58. The van der Waals surface area contributed by atoms with Crippen LogP contribution >= 0.6 is 23.1 Å². The average Bonchev–Trinajstić information content (AvgIpc) is 3.20. The smallest absolute Gasteiger partial charge is 0.423 e. The molecule has 0 N–H and O–H groups in total. The van der Waals surface area contributed by atoms with Crippen LogP contribution in [0, 0.1) is 5.92 Å². The van der Waals surface area contributed by atoms with Crippen molar-refractivity contribution in [3.8, 4) is 0 Å². The number of carbonyl (C=O) groups excluding carboxylic acids is 2. The zero-order valence-electron chi connectivity index (χ0n) is 18.4. The van der Waals surface area contributed by atoms with E-state index in [1.165, 1.54) is 11.8 Å². The highest BCUT2D eigenvalue weighted by molar-refractivity contribution is 8.13. The van der Waals surface area contributed by atoms with Gasteiger partial charge in [0.25, 0.3) is 5.91 Å². The number of thioether (sulfide) groups is 1. The van der Waals surface area contributed by atoms with Crippen LogP contribution < -0.4 is 5.46 Å². The number of carbonyl (C=O) groups is 2. The zero-order chi connectivity index (χ0) is 22.9. The normalized spacial score (nSPS) is 23.1. The molecule has 0 aliphatic carbocycles. The van der Waals surface area contributed by atoms with Crippen molar-refractivity contribution in [2.45, 2.75) is 38.3 Å². The van der Waals surface area contributed by atoms with Gasteiger partial charge in [0.2, 0.25) is 0 Å². The van der Waals surface area contributed by atoms with Crippen LogP contribution in [-0.2, 0) is 15.0 Å². The molecule has 2 radical (unpaired) electrons. The Labute approximate surface area is 197 Å². The minimum atomic E-state index is -0.757. The van der Waals surface area contributed by atoms with E-state index in [1.807, 2.05) is 17.5 Å². The third-order valence-electron chi connectivity index (χ3n) is 5.37. The molecule has 0 saturated carbocycles. The number of rotatable bonds is 2. The molecule has 32 heavy (non-hydrogen) atoms. The Balaban J connectivity index is 1.80. The summed E-state index contributed by atoms with van der Waals surface area (Å²) in [5.41, 5.74) is -0.264. The van der Waals surface area contributed by atoms with Gasteiger partial charge >= 0.3 is 6.09 Å². The van der Waals surface area contributed by atoms with Crippen LogP contribution in [0.2, 0.25) is 0 Å². The van der Waals surface area contributed by atoms with E-state index in [-0.39, 0.29) is 5.92 Å². The maximum atomic E-state index is 13.5. The van der Waals surface area contributed by atoms with Crippen LogP contribution in [0.3, 0.4) is 0 Å². The van der Waals surface area contributed by atoms with Crippen LogP contribution in [0.25, 0.3) is 0 Å². The number of aliphatic imine (C=N–C) groups is 1. The van der Waals surface area contributed by atoms with Gasteiger partial charge in [-0.1, -0.05) is 41.5 Å². The number of amides is 2. The van der Waals surface area contributed by atoms with Gasteiger partial charge in [0.15, 0.2) is 5.17 Å². The van der Waals surface area contributed by atoms with E-state index in [0.717, 1.165) is 9.78 Å². The summed E-state index contributed by atoms with van der Waals surface area (Å²) in [7, 11) is 6.03. The van der Waals surface area contributed by atoms with E-state index in [1.54, 1.807) is 56.4 Å². The molecule has 166 valence electrons. The molecular formula is C23H25BN2O4S2. The fourth-order valence-corrected chi connectivity index (χ4v) is 6.13. The Morgan fingerprint density at radius 3 is 2.69 bits per heavy atom. The monoisotopic (exact) mass is 468 g/mol. The van der Waals surface area contributed by atoms with Crippen LogP contribution in [0.15, 0.2) is 46.8 Å². The molecule has 2 amide bonds. The lowest BCUT2D eigenvalue weighted by atomic mass is 9.79. The zero-order valence-corrected chi connectivity index (χ0v) is 20.0. The topological polar surface area (TPSA) is 68.2 Å². The van der Waals surface area contributed by atoms with Crippen LogP contribution in [0.5, 0.6) is 0 Å². The first kappa shape index (κ1) is 23.1. The van der Waals surface area contributed by atoms with Gasteiger partial charge in [-0.3, -0.25) is 4.79 Å². The summed E-state index contributed by atoms with van der Waals surface area (Å²) in [4.78, 5) is 33.9. The molecule has 6 nitrogen and oxygen atoms in total. The molecule has 0 unspecified atom stereocenters. The SMILES string of the molecule is [B]c1csc([C@]23CCOC[C@H]2CSC(N(C(=O)OC(C)(C)C)C(=O)c2ccccc2)=N3)c1. The van der Waals surface area contributed by atoms with E-state index in [9.17, 15) is 9.59 Å². The maximum Gasteiger partial charge on any atom is 0.423 e. The van der Waals surface area contributed by atoms with Crippen LogP contribution in [-0.4, -0.2) is 54.5 Å². The van der Waals surface area contributed by atoms with Crippen LogP contribution in [0.4, 0.5) is 4.79 Å². The van der Waals surface area contributed by atoms with Gasteiger partial charge in [0, 0.05) is 35.1 Å². The maximum absolute atomic E-state index is 13.5. The highest BCUT2D eigenvalue weighted by Gasteiger charge is 2.48. The molecule has 2 aliphatic rings. The summed E-state index contributed by atoms with van der Waals surface area (Å²) in [6.45, 7) is 6.44. The molecule has 2 atom stereocenters. The van der Waals surface area contributed by atoms with Crippen LogP contribution in [0.1, 0.15) is 42.4 Å². The molecule has 0 spiro atoms. The fraction of sp³-hybridized carbons (Fsp3) is 0.435. The number of hydrogen-bond acceptors (Lipinski definition) is 7. The minimum Gasteiger partial charge on any atom is -0.443 e. The molecule has 9 heteroatoms. The summed E-state index contributed by atoms with van der Waals surface area (Å²) in [5.74, 6) is 0.325. The lowest BCUT2D eigenvalue weighted by Crippen LogP contribution is -2.50. The van der Waals surface area contributed by atoms with Gasteiger partial charge < -0.3 is 9.47 Å². The van der Waals surface area contributed by atoms with Gasteiger partial charge in [-0.05, 0) is 38.3 Å². The van der Waals surface area contributed by atoms with Crippen molar-refractivity contribution in [1.82, 2.24) is 4.90 Å². The molecule has 4 rings (SSSR count). The van der Waals surface area contributed by atoms with Crippen molar-refractivity contribution in [2.75, 3.05) is 19.0 Å². The Morgan fingerprint density at radius 2 is 2.03 bits per heavy atom. The van der Waals surface area contributed by atoms with Crippen molar-refractivity contribution >= 4 is 53.6 Å². The lowest BCUT2D eigenvalue weighted by Gasteiger charge is -2.44. The second-order valence-electron chi connectivity index (χ2n) is 8.88. The van der Waals surface area contributed by atoms with E-state index in [2.05, 4.69) is 0 Å². The Morgan fingerprint density at radius 1 is 1.28 bits per heavy atom. The molecule has 1 aromatic carbocycles. The predicted molar refractivity (Wildman–Crippen MR) is 129 cm³/mol. The summed E-state index contributed by atoms with van der Waals surface area (Å²) >= 11 is 2.93. The van der Waals surface area contributed by atoms with Crippen molar-refractivity contribution in [2.24, 2.45) is 10.9 Å². The standard InChI is InChI=1S/C23H25BN2O4S2/c1-22(2,3)30-21(28)26(19(27)15-7-5-4-6-8-15)20-25-23(18-11-17(24)14-31-18)9-10-29-12-16(23)13-32-20/h4-8,11,14,16H,9-10,12-13H2,1-3H3/t16-,23-/m0/s1. The first-order valence-corrected chi connectivity index (χ1v) is 12.3. The quantitative estimate of drug-likeness (QED) is 0.625. The van der Waals surface area contributed by atoms with Gasteiger partial charge in [0.05, 0.1) is 6.61 Å². The first-order valence-electron chi connectivity index (χ1n) is 10.5. The van der Waals surface area contributed by atoms with Crippen molar-refractivity contribution in [3.63, 3.8) is 0 Å². The summed E-state index contributed by atoms with van der Waals surface area (Å²) in [6, 6.07) is 10.7. The Hall–Kier alpha value is -2.10. The van der Waals surface area contributed by atoms with Crippen molar-refractivity contribution in [3.05, 3.63) is 52.2 Å². The van der Waals surface area contributed by atoms with Crippen molar-refractivity contribution < 1.29 is 19.1 Å². The predicted octanol–water partition coefficient (Wildman–Crippen LogP) is 3.95. The number of imide groups is 1. The van der Waals surface area contributed by atoms with Gasteiger partial charge in [-0.2, -0.15) is 4.90 Å². The van der Waals surface area contributed by atoms with E-state index in [4.69, 9.17) is 22.3 Å². The number of hydrogen-bond donors (Lipinski definition) is 0. The molecule has 1 saturated heterocycles. The van der Waals surface area contributed by atoms with Crippen molar-refractivity contribution in [1.29, 1.82) is 0 Å². The molecule has 1 aromatic heterocycles. The highest BCUT2D eigenvalue weighted by atomic mass is 32.2. The lowest BCUT2D eigenvalue weighted by molar-refractivity contribution is 0.0104. The minimum absolute atomic E-state index is 0.121. The molecule has 2 aliphatic heterocycles. The Kier molecular flexibility index (Phi) is 6.52.